The summed E-state index contributed by atoms with van der Waals surface area (Å²) < 4.78 is 15.5. The Bertz CT molecular complexity index is 728. The van der Waals surface area contributed by atoms with Crippen molar-refractivity contribution in [3.05, 3.63) is 48.0 Å². The van der Waals surface area contributed by atoms with E-state index < -0.39 is 5.91 Å². The average Bonchev–Trinajstić information content (AvgIpc) is 2.60. The molecule has 24 heavy (non-hydrogen) atoms. The van der Waals surface area contributed by atoms with Gasteiger partial charge in [0.2, 0.25) is 0 Å². The fraction of sp³-hybridized carbons (Fsp3) is 0.176. The van der Waals surface area contributed by atoms with Crippen LogP contribution in [0.15, 0.2) is 42.5 Å². The Hall–Kier alpha value is -3.22. The van der Waals surface area contributed by atoms with E-state index in [1.807, 2.05) is 0 Å². The molecule has 0 spiro atoms. The highest BCUT2D eigenvalue weighted by atomic mass is 16.5. The Balaban J connectivity index is 2.12. The molecule has 0 bridgehead atoms. The summed E-state index contributed by atoms with van der Waals surface area (Å²) in [6, 6.07) is 11.6. The van der Waals surface area contributed by atoms with E-state index in [0.717, 1.165) is 0 Å². The number of anilines is 1. The second-order valence-electron chi connectivity index (χ2n) is 4.80. The van der Waals surface area contributed by atoms with Crippen LogP contribution in [0.1, 0.15) is 10.4 Å². The highest BCUT2D eigenvalue weighted by Crippen LogP contribution is 2.28. The summed E-state index contributed by atoms with van der Waals surface area (Å²) in [5.41, 5.74) is 6.06. The summed E-state index contributed by atoms with van der Waals surface area (Å²) in [6.07, 6.45) is 0. The molecule has 7 nitrogen and oxygen atoms in total. The quantitative estimate of drug-likeness (QED) is 0.806. The molecular formula is C17H18N2O5. The maximum atomic E-state index is 12.3. The van der Waals surface area contributed by atoms with Crippen molar-refractivity contribution in [2.75, 3.05) is 26.1 Å². The zero-order valence-electron chi connectivity index (χ0n) is 13.4. The Kier molecular flexibility index (Phi) is 5.62. The zero-order valence-corrected chi connectivity index (χ0v) is 13.4. The molecule has 126 valence electrons. The number of hydrogen-bond acceptors (Lipinski definition) is 5. The summed E-state index contributed by atoms with van der Waals surface area (Å²) in [5, 5.41) is 2.77. The molecule has 7 heteroatoms. The van der Waals surface area contributed by atoms with Crippen LogP contribution in [0.25, 0.3) is 0 Å². The summed E-state index contributed by atoms with van der Waals surface area (Å²) in [6.45, 7) is -0.270. The van der Waals surface area contributed by atoms with E-state index >= 15 is 0 Å². The van der Waals surface area contributed by atoms with Gasteiger partial charge in [0.05, 0.1) is 14.2 Å². The summed E-state index contributed by atoms with van der Waals surface area (Å²) in [4.78, 5) is 23.1. The number of nitrogens with one attached hydrogen (secondary N) is 1. The Morgan fingerprint density at radius 1 is 1.00 bits per heavy atom. The number of carbonyl (C=O) groups is 2. The van der Waals surface area contributed by atoms with Gasteiger partial charge in [-0.05, 0) is 42.5 Å². The molecule has 0 atom stereocenters. The van der Waals surface area contributed by atoms with Crippen LogP contribution in [0, 0.1) is 0 Å². The predicted octanol–water partition coefficient (Wildman–Crippen LogP) is 1.82. The topological polar surface area (TPSA) is 99.9 Å². The van der Waals surface area contributed by atoms with Gasteiger partial charge in [0, 0.05) is 11.3 Å². The fourth-order valence-corrected chi connectivity index (χ4v) is 1.95. The van der Waals surface area contributed by atoms with Crippen molar-refractivity contribution < 1.29 is 23.8 Å². The summed E-state index contributed by atoms with van der Waals surface area (Å²) in [7, 11) is 3.01. The third-order valence-corrected chi connectivity index (χ3v) is 3.14. The molecule has 0 unspecified atom stereocenters. The van der Waals surface area contributed by atoms with Crippen molar-refractivity contribution in [3.8, 4) is 17.2 Å². The maximum Gasteiger partial charge on any atom is 0.255 e. The van der Waals surface area contributed by atoms with Crippen molar-refractivity contribution in [3.63, 3.8) is 0 Å². The smallest absolute Gasteiger partial charge is 0.255 e. The first-order valence-corrected chi connectivity index (χ1v) is 7.08. The highest BCUT2D eigenvalue weighted by molar-refractivity contribution is 6.04. The van der Waals surface area contributed by atoms with Crippen LogP contribution in [-0.4, -0.2) is 32.6 Å². The van der Waals surface area contributed by atoms with Crippen molar-refractivity contribution in [1.29, 1.82) is 0 Å². The minimum absolute atomic E-state index is 0.270. The van der Waals surface area contributed by atoms with Gasteiger partial charge in [-0.1, -0.05) is 0 Å². The van der Waals surface area contributed by atoms with E-state index in [4.69, 9.17) is 19.9 Å². The van der Waals surface area contributed by atoms with Crippen molar-refractivity contribution in [1.82, 2.24) is 0 Å². The fourth-order valence-electron chi connectivity index (χ4n) is 1.95. The highest BCUT2D eigenvalue weighted by Gasteiger charge is 2.12. The monoisotopic (exact) mass is 330 g/mol. The zero-order chi connectivity index (χ0) is 17.5. The SMILES string of the molecule is COc1ccc(NC(=O)c2ccc(OCC(N)=O)c(OC)c2)cc1. The van der Waals surface area contributed by atoms with E-state index in [0.29, 0.717) is 28.5 Å². The van der Waals surface area contributed by atoms with Gasteiger partial charge in [-0.2, -0.15) is 0 Å². The van der Waals surface area contributed by atoms with Crippen LogP contribution in [0.3, 0.4) is 0 Å². The Morgan fingerprint density at radius 3 is 2.29 bits per heavy atom. The average molecular weight is 330 g/mol. The number of rotatable bonds is 7. The second kappa shape index (κ2) is 7.87. The van der Waals surface area contributed by atoms with E-state index in [1.54, 1.807) is 43.5 Å². The largest absolute Gasteiger partial charge is 0.497 e. The lowest BCUT2D eigenvalue weighted by atomic mass is 10.2. The molecule has 2 aromatic rings. The van der Waals surface area contributed by atoms with Crippen LogP contribution in [-0.2, 0) is 4.79 Å². The molecule has 0 aliphatic carbocycles. The molecule has 2 aromatic carbocycles. The van der Waals surface area contributed by atoms with E-state index in [1.165, 1.54) is 13.2 Å². The van der Waals surface area contributed by atoms with Crippen molar-refractivity contribution >= 4 is 17.5 Å². The predicted molar refractivity (Wildman–Crippen MR) is 88.6 cm³/mol. The van der Waals surface area contributed by atoms with Gasteiger partial charge in [0.15, 0.2) is 18.1 Å². The van der Waals surface area contributed by atoms with Crippen LogP contribution in [0.4, 0.5) is 5.69 Å². The van der Waals surface area contributed by atoms with Crippen molar-refractivity contribution in [2.24, 2.45) is 5.73 Å². The number of hydrogen-bond donors (Lipinski definition) is 2. The van der Waals surface area contributed by atoms with Crippen molar-refractivity contribution in [2.45, 2.75) is 0 Å². The van der Waals surface area contributed by atoms with Gasteiger partial charge >= 0.3 is 0 Å². The van der Waals surface area contributed by atoms with Crippen LogP contribution < -0.4 is 25.3 Å². The molecule has 3 N–H and O–H groups in total. The molecule has 2 amide bonds. The molecule has 0 saturated carbocycles. The number of methoxy groups -OCH3 is 2. The second-order valence-corrected chi connectivity index (χ2v) is 4.80. The molecule has 0 aliphatic rings. The summed E-state index contributed by atoms with van der Waals surface area (Å²) in [5.74, 6) is 0.458. The van der Waals surface area contributed by atoms with Gasteiger partial charge in [0.1, 0.15) is 5.75 Å². The molecular weight excluding hydrogens is 312 g/mol. The number of carbonyl (C=O) groups excluding carboxylic acids is 2. The number of primary amides is 1. The van der Waals surface area contributed by atoms with E-state index in [2.05, 4.69) is 5.32 Å². The van der Waals surface area contributed by atoms with Crippen LogP contribution >= 0.6 is 0 Å². The standard InChI is InChI=1S/C17H18N2O5/c1-22-13-6-4-12(5-7-13)19-17(21)11-3-8-14(15(9-11)23-2)24-10-16(18)20/h3-9H,10H2,1-2H3,(H2,18,20)(H,19,21). The third kappa shape index (κ3) is 4.39. The van der Waals surface area contributed by atoms with Crippen LogP contribution in [0.5, 0.6) is 17.2 Å². The first kappa shape index (κ1) is 17.1. The van der Waals surface area contributed by atoms with Gasteiger partial charge in [-0.15, -0.1) is 0 Å². The van der Waals surface area contributed by atoms with Crippen LogP contribution in [0.2, 0.25) is 0 Å². The van der Waals surface area contributed by atoms with Gasteiger partial charge in [0.25, 0.3) is 11.8 Å². The maximum absolute atomic E-state index is 12.3. The van der Waals surface area contributed by atoms with E-state index in [-0.39, 0.29) is 12.5 Å². The number of nitrogens with two attached hydrogens (primary N) is 1. The lowest BCUT2D eigenvalue weighted by Gasteiger charge is -2.11. The van der Waals surface area contributed by atoms with Gasteiger partial charge in [-0.25, -0.2) is 0 Å². The Morgan fingerprint density at radius 2 is 1.71 bits per heavy atom. The number of benzene rings is 2. The molecule has 0 heterocycles. The lowest BCUT2D eigenvalue weighted by Crippen LogP contribution is -2.20. The number of amides is 2. The molecule has 0 aromatic heterocycles. The van der Waals surface area contributed by atoms with Gasteiger partial charge in [-0.3, -0.25) is 9.59 Å². The summed E-state index contributed by atoms with van der Waals surface area (Å²) >= 11 is 0. The number of ether oxygens (including phenoxy) is 3. The molecule has 0 fully saturated rings. The molecule has 0 aliphatic heterocycles. The Labute approximate surface area is 139 Å². The molecule has 2 rings (SSSR count). The van der Waals surface area contributed by atoms with Gasteiger partial charge < -0.3 is 25.3 Å². The molecule has 0 saturated heterocycles. The third-order valence-electron chi connectivity index (χ3n) is 3.14. The van der Waals surface area contributed by atoms with E-state index in [9.17, 15) is 9.59 Å². The minimum atomic E-state index is -0.599. The first-order chi connectivity index (χ1) is 11.5. The normalized spacial score (nSPS) is 9.92. The molecule has 0 radical (unpaired) electrons. The minimum Gasteiger partial charge on any atom is -0.497 e. The lowest BCUT2D eigenvalue weighted by molar-refractivity contribution is -0.119. The first-order valence-electron chi connectivity index (χ1n) is 7.08.